The van der Waals surface area contributed by atoms with Crippen LogP contribution in [-0.2, 0) is 14.3 Å². The van der Waals surface area contributed by atoms with E-state index in [4.69, 9.17) is 9.47 Å². The number of nitrogens with zero attached hydrogens (tertiary/aromatic N) is 1. The van der Waals surface area contributed by atoms with Crippen molar-refractivity contribution >= 4 is 22.8 Å². The van der Waals surface area contributed by atoms with Gasteiger partial charge in [-0.1, -0.05) is 18.2 Å². The third-order valence-corrected chi connectivity index (χ3v) is 3.95. The molecule has 24 heavy (non-hydrogen) atoms. The molecule has 0 unspecified atom stereocenters. The largest absolute Gasteiger partial charge is 0.452 e. The van der Waals surface area contributed by atoms with Crippen LogP contribution in [0.5, 0.6) is 0 Å². The molecule has 3 rings (SSSR count). The van der Waals surface area contributed by atoms with Crippen LogP contribution in [0, 0.1) is 6.92 Å². The van der Waals surface area contributed by atoms with Crippen LogP contribution < -0.4 is 5.32 Å². The monoisotopic (exact) mass is 328 g/mol. The number of aromatic nitrogens is 1. The molecule has 0 aliphatic carbocycles. The average molecular weight is 328 g/mol. The first-order chi connectivity index (χ1) is 11.6. The Hall–Kier alpha value is -2.47. The summed E-state index contributed by atoms with van der Waals surface area (Å²) < 4.78 is 10.6. The minimum Gasteiger partial charge on any atom is -0.452 e. The Morgan fingerprint density at radius 1 is 1.38 bits per heavy atom. The maximum absolute atomic E-state index is 12.3. The molecule has 1 amide bonds. The van der Waals surface area contributed by atoms with Gasteiger partial charge in [-0.25, -0.2) is 4.79 Å². The summed E-state index contributed by atoms with van der Waals surface area (Å²) in [5.41, 5.74) is 1.88. The molecule has 2 heterocycles. The summed E-state index contributed by atoms with van der Waals surface area (Å²) in [7, 11) is 0. The first kappa shape index (κ1) is 16.4. The van der Waals surface area contributed by atoms with E-state index in [0.717, 1.165) is 30.7 Å². The number of carbonyl (C=O) groups is 2. The summed E-state index contributed by atoms with van der Waals surface area (Å²) >= 11 is 0. The number of benzene rings is 1. The highest BCUT2D eigenvalue weighted by molar-refractivity contribution is 6.04. The lowest BCUT2D eigenvalue weighted by atomic mass is 10.1. The van der Waals surface area contributed by atoms with Crippen LogP contribution >= 0.6 is 0 Å². The molecule has 1 N–H and O–H groups in total. The van der Waals surface area contributed by atoms with E-state index < -0.39 is 5.97 Å². The van der Waals surface area contributed by atoms with Crippen molar-refractivity contribution in [3.05, 3.63) is 41.6 Å². The van der Waals surface area contributed by atoms with Crippen molar-refractivity contribution in [3.63, 3.8) is 0 Å². The molecular formula is C18H20N2O4. The number of ether oxygens (including phenoxy) is 2. The van der Waals surface area contributed by atoms with Gasteiger partial charge in [0.1, 0.15) is 0 Å². The Balaban J connectivity index is 1.59. The second-order valence-corrected chi connectivity index (χ2v) is 5.84. The maximum atomic E-state index is 12.3. The quantitative estimate of drug-likeness (QED) is 0.850. The zero-order chi connectivity index (χ0) is 16.9. The molecule has 1 aliphatic rings. The van der Waals surface area contributed by atoms with Gasteiger partial charge < -0.3 is 14.8 Å². The second kappa shape index (κ2) is 7.40. The van der Waals surface area contributed by atoms with Gasteiger partial charge in [-0.3, -0.25) is 9.78 Å². The van der Waals surface area contributed by atoms with Gasteiger partial charge >= 0.3 is 5.97 Å². The van der Waals surface area contributed by atoms with Crippen molar-refractivity contribution in [3.8, 4) is 0 Å². The molecule has 126 valence electrons. The third-order valence-electron chi connectivity index (χ3n) is 3.95. The predicted molar refractivity (Wildman–Crippen MR) is 88.7 cm³/mol. The molecule has 1 aromatic carbocycles. The predicted octanol–water partition coefficient (Wildman–Crippen LogP) is 2.00. The van der Waals surface area contributed by atoms with Crippen molar-refractivity contribution < 1.29 is 19.1 Å². The topological polar surface area (TPSA) is 77.5 Å². The molecule has 1 aromatic heterocycles. The summed E-state index contributed by atoms with van der Waals surface area (Å²) in [5.74, 6) is -0.849. The molecule has 1 fully saturated rings. The van der Waals surface area contributed by atoms with Crippen molar-refractivity contribution in [2.75, 3.05) is 19.8 Å². The molecule has 6 nitrogen and oxygen atoms in total. The highest BCUT2D eigenvalue weighted by Gasteiger charge is 2.18. The van der Waals surface area contributed by atoms with E-state index in [1.165, 1.54) is 0 Å². The van der Waals surface area contributed by atoms with E-state index >= 15 is 0 Å². The molecule has 2 aromatic rings. The van der Waals surface area contributed by atoms with E-state index in [0.29, 0.717) is 17.5 Å². The molecule has 6 heteroatoms. The highest BCUT2D eigenvalue weighted by atomic mass is 16.5. The van der Waals surface area contributed by atoms with Crippen LogP contribution in [0.4, 0.5) is 0 Å². The Labute approximate surface area is 140 Å². The van der Waals surface area contributed by atoms with E-state index in [1.54, 1.807) is 6.07 Å². The number of hydrogen-bond acceptors (Lipinski definition) is 5. The van der Waals surface area contributed by atoms with Crippen LogP contribution in [0.3, 0.4) is 0 Å². The van der Waals surface area contributed by atoms with Gasteiger partial charge in [0.05, 0.1) is 17.2 Å². The minimum atomic E-state index is -0.524. The van der Waals surface area contributed by atoms with Gasteiger partial charge in [0.25, 0.3) is 5.91 Å². The van der Waals surface area contributed by atoms with Crippen LogP contribution in [0.15, 0.2) is 30.3 Å². The van der Waals surface area contributed by atoms with Crippen LogP contribution in [0.1, 0.15) is 28.9 Å². The molecule has 1 aliphatic heterocycles. The van der Waals surface area contributed by atoms with Crippen LogP contribution in [0.2, 0.25) is 0 Å². The number of pyridine rings is 1. The van der Waals surface area contributed by atoms with E-state index in [1.807, 2.05) is 31.2 Å². The maximum Gasteiger partial charge on any atom is 0.339 e. The minimum absolute atomic E-state index is 0.0662. The number of rotatable bonds is 5. The molecule has 0 spiro atoms. The van der Waals surface area contributed by atoms with Gasteiger partial charge in [0.2, 0.25) is 0 Å². The fraction of sp³-hybridized carbons (Fsp3) is 0.389. The normalized spacial score (nSPS) is 17.0. The summed E-state index contributed by atoms with van der Waals surface area (Å²) in [6, 6.07) is 9.03. The van der Waals surface area contributed by atoms with Gasteiger partial charge in [-0.15, -0.1) is 0 Å². The van der Waals surface area contributed by atoms with Gasteiger partial charge in [-0.05, 0) is 31.9 Å². The fourth-order valence-electron chi connectivity index (χ4n) is 2.77. The van der Waals surface area contributed by atoms with Crippen molar-refractivity contribution in [1.82, 2.24) is 10.3 Å². The Morgan fingerprint density at radius 2 is 2.21 bits per heavy atom. The number of carbonyl (C=O) groups excluding carboxylic acids is 2. The Bertz CT molecular complexity index is 754. The van der Waals surface area contributed by atoms with Crippen LogP contribution in [-0.4, -0.2) is 42.7 Å². The zero-order valence-corrected chi connectivity index (χ0v) is 13.6. The molecule has 1 saturated heterocycles. The Morgan fingerprint density at radius 3 is 3.00 bits per heavy atom. The van der Waals surface area contributed by atoms with Gasteiger partial charge in [0.15, 0.2) is 6.61 Å². The number of hydrogen-bond donors (Lipinski definition) is 1. The first-order valence-corrected chi connectivity index (χ1v) is 8.05. The lowest BCUT2D eigenvalue weighted by Crippen LogP contribution is -2.34. The molecule has 0 bridgehead atoms. The summed E-state index contributed by atoms with van der Waals surface area (Å²) in [6.07, 6.45) is 2.03. The molecular weight excluding hydrogens is 308 g/mol. The van der Waals surface area contributed by atoms with E-state index in [-0.39, 0.29) is 18.6 Å². The molecule has 1 atom stereocenters. The number of esters is 1. The number of nitrogens with one attached hydrogen (secondary N) is 1. The second-order valence-electron chi connectivity index (χ2n) is 5.84. The lowest BCUT2D eigenvalue weighted by Gasteiger charge is -2.11. The molecule has 0 radical (unpaired) electrons. The SMILES string of the molecule is Cc1cc(C(=O)OCC(=O)NC[C@@H]2CCCO2)c2ccccc2n1. The summed E-state index contributed by atoms with van der Waals surface area (Å²) in [5, 5.41) is 3.44. The average Bonchev–Trinajstić information content (AvgIpc) is 3.10. The third kappa shape index (κ3) is 3.89. The van der Waals surface area contributed by atoms with Gasteiger partial charge in [0, 0.05) is 24.2 Å². The Kier molecular flexibility index (Phi) is 5.05. The summed E-state index contributed by atoms with van der Waals surface area (Å²) in [4.78, 5) is 28.5. The van der Waals surface area contributed by atoms with E-state index in [9.17, 15) is 9.59 Å². The van der Waals surface area contributed by atoms with Crippen molar-refractivity contribution in [2.24, 2.45) is 0 Å². The number of para-hydroxylation sites is 1. The number of fused-ring (bicyclic) bond motifs is 1. The highest BCUT2D eigenvalue weighted by Crippen LogP contribution is 2.19. The first-order valence-electron chi connectivity index (χ1n) is 8.05. The number of aryl methyl sites for hydroxylation is 1. The smallest absolute Gasteiger partial charge is 0.339 e. The standard InChI is InChI=1S/C18H20N2O4/c1-12-9-15(14-6-2-3-7-16(14)20-12)18(22)24-11-17(21)19-10-13-5-4-8-23-13/h2-3,6-7,9,13H,4-5,8,10-11H2,1H3,(H,19,21)/t13-/m0/s1. The zero-order valence-electron chi connectivity index (χ0n) is 13.6. The van der Waals surface area contributed by atoms with Gasteiger partial charge in [-0.2, -0.15) is 0 Å². The fourth-order valence-corrected chi connectivity index (χ4v) is 2.77. The number of amides is 1. The van der Waals surface area contributed by atoms with Crippen molar-refractivity contribution in [1.29, 1.82) is 0 Å². The lowest BCUT2D eigenvalue weighted by molar-refractivity contribution is -0.124. The van der Waals surface area contributed by atoms with E-state index in [2.05, 4.69) is 10.3 Å². The van der Waals surface area contributed by atoms with Crippen molar-refractivity contribution in [2.45, 2.75) is 25.9 Å². The summed E-state index contributed by atoms with van der Waals surface area (Å²) in [6.45, 7) is 2.70. The molecule has 0 saturated carbocycles. The van der Waals surface area contributed by atoms with Crippen LogP contribution in [0.25, 0.3) is 10.9 Å².